The highest BCUT2D eigenvalue weighted by molar-refractivity contribution is 5.82. The Morgan fingerprint density at radius 2 is 2.35 bits per heavy atom. The van der Waals surface area contributed by atoms with Crippen LogP contribution in [0.5, 0.6) is 11.5 Å². The van der Waals surface area contributed by atoms with Gasteiger partial charge in [0.2, 0.25) is 0 Å². The van der Waals surface area contributed by atoms with Crippen LogP contribution in [0.1, 0.15) is 17.5 Å². The topological polar surface area (TPSA) is 61.5 Å². The molecule has 0 aliphatic carbocycles. The molecule has 0 aromatic heterocycles. The van der Waals surface area contributed by atoms with E-state index in [0.29, 0.717) is 29.9 Å². The molecule has 2 rings (SSSR count). The van der Waals surface area contributed by atoms with Gasteiger partial charge in [-0.1, -0.05) is 0 Å². The zero-order chi connectivity index (χ0) is 12.3. The molecule has 17 heavy (non-hydrogen) atoms. The average Bonchev–Trinajstić information content (AvgIpc) is 2.35. The number of aryl methyl sites for hydroxylation is 1. The lowest BCUT2D eigenvalue weighted by Crippen LogP contribution is -2.11. The first-order valence-corrected chi connectivity index (χ1v) is 5.52. The maximum Gasteiger partial charge on any atom is 0.170 e. The van der Waals surface area contributed by atoms with E-state index in [0.717, 1.165) is 24.2 Å². The first kappa shape index (κ1) is 11.5. The smallest absolute Gasteiger partial charge is 0.170 e. The standard InChI is InChI=1S/C13H15NO3/c1-16-13-10(5-2-6-15)11(14)8-9-4-3-7-17-12(9)13/h2,5-6,8H,3-4,7,14H2,1H3/b5-2+. The molecule has 0 fully saturated rings. The maximum atomic E-state index is 10.4. The van der Waals surface area contributed by atoms with Gasteiger partial charge in [0.15, 0.2) is 11.5 Å². The molecule has 4 heteroatoms. The number of nitrogen functional groups attached to an aromatic ring is 1. The van der Waals surface area contributed by atoms with Crippen molar-refractivity contribution in [3.63, 3.8) is 0 Å². The molecule has 0 spiro atoms. The number of rotatable bonds is 3. The molecule has 1 aliphatic rings. The summed E-state index contributed by atoms with van der Waals surface area (Å²) >= 11 is 0. The largest absolute Gasteiger partial charge is 0.492 e. The number of carbonyl (C=O) groups excluding carboxylic acids is 1. The van der Waals surface area contributed by atoms with E-state index in [1.54, 1.807) is 13.2 Å². The number of benzene rings is 1. The van der Waals surface area contributed by atoms with E-state index in [2.05, 4.69) is 0 Å². The summed E-state index contributed by atoms with van der Waals surface area (Å²) in [6.45, 7) is 0.685. The molecule has 0 radical (unpaired) electrons. The molecule has 0 amide bonds. The van der Waals surface area contributed by atoms with Crippen molar-refractivity contribution in [1.29, 1.82) is 0 Å². The lowest BCUT2D eigenvalue weighted by atomic mass is 10.0. The summed E-state index contributed by atoms with van der Waals surface area (Å²) in [5.74, 6) is 1.36. The Morgan fingerprint density at radius 1 is 1.53 bits per heavy atom. The molecule has 0 saturated carbocycles. The number of anilines is 1. The fourth-order valence-electron chi connectivity index (χ4n) is 2.02. The number of fused-ring (bicyclic) bond motifs is 1. The number of carbonyl (C=O) groups is 1. The van der Waals surface area contributed by atoms with Gasteiger partial charge >= 0.3 is 0 Å². The fourth-order valence-corrected chi connectivity index (χ4v) is 2.02. The first-order valence-electron chi connectivity index (χ1n) is 5.52. The summed E-state index contributed by atoms with van der Waals surface area (Å²) in [4.78, 5) is 10.4. The van der Waals surface area contributed by atoms with E-state index in [-0.39, 0.29) is 0 Å². The fraction of sp³-hybridized carbons (Fsp3) is 0.308. The Balaban J connectivity index is 2.58. The van der Waals surface area contributed by atoms with Gasteiger partial charge in [0.1, 0.15) is 6.29 Å². The molecule has 90 valence electrons. The number of nitrogens with two attached hydrogens (primary N) is 1. The van der Waals surface area contributed by atoms with Gasteiger partial charge in [-0.25, -0.2) is 0 Å². The molecule has 0 atom stereocenters. The number of methoxy groups -OCH3 is 1. The highest BCUT2D eigenvalue weighted by atomic mass is 16.5. The summed E-state index contributed by atoms with van der Waals surface area (Å²) in [5.41, 5.74) is 8.32. The van der Waals surface area contributed by atoms with E-state index < -0.39 is 0 Å². The van der Waals surface area contributed by atoms with Crippen molar-refractivity contribution in [3.05, 3.63) is 23.3 Å². The summed E-state index contributed by atoms with van der Waals surface area (Å²) in [5, 5.41) is 0. The second-order valence-corrected chi connectivity index (χ2v) is 3.85. The SMILES string of the molecule is COc1c(/C=C/C=O)c(N)cc2c1OCCC2. The molecular weight excluding hydrogens is 218 g/mol. The van der Waals surface area contributed by atoms with Crippen LogP contribution in [0.4, 0.5) is 5.69 Å². The third kappa shape index (κ3) is 2.11. The van der Waals surface area contributed by atoms with Crippen LogP contribution in [0.25, 0.3) is 6.08 Å². The van der Waals surface area contributed by atoms with Gasteiger partial charge in [-0.15, -0.1) is 0 Å². The van der Waals surface area contributed by atoms with Crippen molar-refractivity contribution in [2.45, 2.75) is 12.8 Å². The number of hydrogen-bond donors (Lipinski definition) is 1. The Bertz CT molecular complexity index is 466. The predicted octanol–water partition coefficient (Wildman–Crippen LogP) is 1.81. The minimum Gasteiger partial charge on any atom is -0.492 e. The Kier molecular flexibility index (Phi) is 3.32. The average molecular weight is 233 g/mol. The number of allylic oxidation sites excluding steroid dienone is 1. The summed E-state index contributed by atoms with van der Waals surface area (Å²) in [6, 6.07) is 1.89. The number of hydrogen-bond acceptors (Lipinski definition) is 4. The lowest BCUT2D eigenvalue weighted by Gasteiger charge is -2.22. The highest BCUT2D eigenvalue weighted by Crippen LogP contribution is 2.41. The first-order chi connectivity index (χ1) is 8.27. The van der Waals surface area contributed by atoms with Crippen LogP contribution in [-0.4, -0.2) is 20.0 Å². The third-order valence-electron chi connectivity index (χ3n) is 2.77. The van der Waals surface area contributed by atoms with E-state index in [1.165, 1.54) is 6.08 Å². The van der Waals surface area contributed by atoms with Crippen LogP contribution < -0.4 is 15.2 Å². The van der Waals surface area contributed by atoms with E-state index in [4.69, 9.17) is 15.2 Å². The van der Waals surface area contributed by atoms with E-state index in [1.807, 2.05) is 6.07 Å². The monoisotopic (exact) mass is 233 g/mol. The summed E-state index contributed by atoms with van der Waals surface area (Å²) in [7, 11) is 1.57. The Labute approximate surface area is 100 Å². The van der Waals surface area contributed by atoms with Gasteiger partial charge in [-0.05, 0) is 31.1 Å². The molecular formula is C13H15NO3. The molecule has 1 heterocycles. The van der Waals surface area contributed by atoms with Crippen LogP contribution in [0.3, 0.4) is 0 Å². The van der Waals surface area contributed by atoms with Crippen molar-refractivity contribution < 1.29 is 14.3 Å². The number of ether oxygens (including phenoxy) is 2. The van der Waals surface area contributed by atoms with Gasteiger partial charge < -0.3 is 15.2 Å². The van der Waals surface area contributed by atoms with Crippen molar-refractivity contribution in [3.8, 4) is 11.5 Å². The minimum absolute atomic E-state index is 0.601. The zero-order valence-corrected chi connectivity index (χ0v) is 9.73. The minimum atomic E-state index is 0.601. The van der Waals surface area contributed by atoms with Crippen LogP contribution >= 0.6 is 0 Å². The predicted molar refractivity (Wildman–Crippen MR) is 66.3 cm³/mol. The molecule has 1 aromatic carbocycles. The van der Waals surface area contributed by atoms with Crippen LogP contribution in [0.15, 0.2) is 12.1 Å². The van der Waals surface area contributed by atoms with Gasteiger partial charge in [0.25, 0.3) is 0 Å². The van der Waals surface area contributed by atoms with Crippen LogP contribution in [0.2, 0.25) is 0 Å². The third-order valence-corrected chi connectivity index (χ3v) is 2.77. The van der Waals surface area contributed by atoms with Gasteiger partial charge in [0.05, 0.1) is 13.7 Å². The number of aldehydes is 1. The van der Waals surface area contributed by atoms with Crippen molar-refractivity contribution in [1.82, 2.24) is 0 Å². The molecule has 1 aliphatic heterocycles. The summed E-state index contributed by atoms with van der Waals surface area (Å²) in [6.07, 6.45) is 5.66. The van der Waals surface area contributed by atoms with Gasteiger partial charge in [0, 0.05) is 16.8 Å². The summed E-state index contributed by atoms with van der Waals surface area (Å²) < 4.78 is 11.0. The molecule has 0 saturated heterocycles. The van der Waals surface area contributed by atoms with E-state index in [9.17, 15) is 4.79 Å². The second-order valence-electron chi connectivity index (χ2n) is 3.85. The van der Waals surface area contributed by atoms with Crippen molar-refractivity contribution >= 4 is 18.0 Å². The maximum absolute atomic E-state index is 10.4. The van der Waals surface area contributed by atoms with Crippen LogP contribution in [-0.2, 0) is 11.2 Å². The Hall–Kier alpha value is -1.97. The normalized spacial score (nSPS) is 14.2. The van der Waals surface area contributed by atoms with Gasteiger partial charge in [-0.2, -0.15) is 0 Å². The quantitative estimate of drug-likeness (QED) is 0.491. The zero-order valence-electron chi connectivity index (χ0n) is 9.73. The van der Waals surface area contributed by atoms with Crippen LogP contribution in [0, 0.1) is 0 Å². The lowest BCUT2D eigenvalue weighted by molar-refractivity contribution is -0.104. The molecule has 1 aromatic rings. The molecule has 0 bridgehead atoms. The highest BCUT2D eigenvalue weighted by Gasteiger charge is 2.20. The Morgan fingerprint density at radius 3 is 3.06 bits per heavy atom. The molecule has 0 unspecified atom stereocenters. The van der Waals surface area contributed by atoms with Gasteiger partial charge in [-0.3, -0.25) is 4.79 Å². The molecule has 4 nitrogen and oxygen atoms in total. The second kappa shape index (κ2) is 4.91. The van der Waals surface area contributed by atoms with E-state index >= 15 is 0 Å². The molecule has 2 N–H and O–H groups in total. The van der Waals surface area contributed by atoms with Crippen molar-refractivity contribution in [2.24, 2.45) is 0 Å². The van der Waals surface area contributed by atoms with Crippen molar-refractivity contribution in [2.75, 3.05) is 19.5 Å².